The average molecular weight is 413 g/mol. The molecule has 2 unspecified atom stereocenters. The predicted octanol–water partition coefficient (Wildman–Crippen LogP) is 4.81. The van der Waals surface area contributed by atoms with Gasteiger partial charge in [-0.3, -0.25) is 0 Å². The molecular weight excluding hydrogens is 392 g/mol. The van der Waals surface area contributed by atoms with Gasteiger partial charge in [0.25, 0.3) is 0 Å². The number of hydrogen-bond acceptors (Lipinski definition) is 3. The smallest absolute Gasteiger partial charge is 0.416 e. The van der Waals surface area contributed by atoms with E-state index in [0.29, 0.717) is 12.1 Å². The van der Waals surface area contributed by atoms with E-state index in [4.69, 9.17) is 4.74 Å². The van der Waals surface area contributed by atoms with E-state index >= 15 is 0 Å². The Morgan fingerprint density at radius 3 is 1.93 bits per heavy atom. The average Bonchev–Trinajstić information content (AvgIpc) is 2.51. The van der Waals surface area contributed by atoms with Crippen molar-refractivity contribution >= 4 is 6.09 Å². The van der Waals surface area contributed by atoms with Gasteiger partial charge in [0.15, 0.2) is 0 Å². The number of amides is 1. The van der Waals surface area contributed by atoms with Crippen molar-refractivity contribution in [2.24, 2.45) is 0 Å². The Bertz CT molecular complexity index is 691. The topological polar surface area (TPSA) is 49.8 Å². The number of piperidine rings is 1. The first-order valence-corrected chi connectivity index (χ1v) is 8.53. The lowest BCUT2D eigenvalue weighted by Crippen LogP contribution is -2.47. The minimum atomic E-state index is -4.96. The molecule has 0 aliphatic carbocycles. The molecule has 28 heavy (non-hydrogen) atoms. The Balaban J connectivity index is 2.28. The molecule has 158 valence electrons. The second-order valence-electron chi connectivity index (χ2n) is 7.73. The zero-order valence-electron chi connectivity index (χ0n) is 15.5. The van der Waals surface area contributed by atoms with Crippen LogP contribution in [0.4, 0.5) is 31.1 Å². The van der Waals surface area contributed by atoms with E-state index in [1.807, 2.05) is 0 Å². The number of rotatable bonds is 1. The summed E-state index contributed by atoms with van der Waals surface area (Å²) in [5, 5.41) is 10.3. The second kappa shape index (κ2) is 7.46. The van der Waals surface area contributed by atoms with Gasteiger partial charge in [-0.15, -0.1) is 0 Å². The fourth-order valence-electron chi connectivity index (χ4n) is 3.01. The summed E-state index contributed by atoms with van der Waals surface area (Å²) in [4.78, 5) is 13.3. The molecule has 4 nitrogen and oxygen atoms in total. The van der Waals surface area contributed by atoms with E-state index in [0.717, 1.165) is 0 Å². The minimum absolute atomic E-state index is 0.000975. The van der Waals surface area contributed by atoms with E-state index in [1.165, 1.54) is 4.90 Å². The molecule has 1 aromatic rings. The first kappa shape index (κ1) is 22.3. The van der Waals surface area contributed by atoms with Crippen molar-refractivity contribution in [3.8, 4) is 0 Å². The van der Waals surface area contributed by atoms with Crippen LogP contribution >= 0.6 is 0 Å². The molecule has 0 saturated carbocycles. The SMILES string of the molecule is CC(C)(C)OC(=O)N1CCC(c2cc(C(F)(F)F)cc(C(F)(F)F)c2)C(O)C1. The molecule has 0 radical (unpaired) electrons. The molecule has 0 aromatic heterocycles. The van der Waals surface area contributed by atoms with Crippen molar-refractivity contribution in [3.05, 3.63) is 34.9 Å². The highest BCUT2D eigenvalue weighted by Crippen LogP contribution is 2.39. The molecule has 0 bridgehead atoms. The molecule has 10 heteroatoms. The lowest BCUT2D eigenvalue weighted by molar-refractivity contribution is -0.143. The number of β-amino-alcohol motifs (C(OH)–C–C–N with tert-alkyl or cyclic N) is 1. The fraction of sp³-hybridized carbons (Fsp3) is 0.611. The van der Waals surface area contributed by atoms with Crippen LogP contribution in [0.25, 0.3) is 0 Å². The van der Waals surface area contributed by atoms with Gasteiger partial charge < -0.3 is 14.7 Å². The van der Waals surface area contributed by atoms with E-state index in [1.54, 1.807) is 20.8 Å². The zero-order chi connectivity index (χ0) is 21.5. The molecule has 1 aliphatic heterocycles. The molecule has 2 atom stereocenters. The maximum atomic E-state index is 13.0. The molecule has 1 amide bonds. The van der Waals surface area contributed by atoms with Gasteiger partial charge in [0, 0.05) is 12.5 Å². The van der Waals surface area contributed by atoms with Crippen LogP contribution in [-0.2, 0) is 17.1 Å². The summed E-state index contributed by atoms with van der Waals surface area (Å²) >= 11 is 0. The number of benzene rings is 1. The molecule has 1 aromatic carbocycles. The van der Waals surface area contributed by atoms with E-state index in [9.17, 15) is 36.2 Å². The Labute approximate surface area is 158 Å². The maximum absolute atomic E-state index is 13.0. The quantitative estimate of drug-likeness (QED) is 0.673. The number of carbonyl (C=O) groups excluding carboxylic acids is 1. The van der Waals surface area contributed by atoms with Gasteiger partial charge in [0.05, 0.1) is 23.8 Å². The normalized spacial score (nSPS) is 21.6. The van der Waals surface area contributed by atoms with Gasteiger partial charge in [-0.2, -0.15) is 26.3 Å². The van der Waals surface area contributed by atoms with Crippen LogP contribution < -0.4 is 0 Å². The number of alkyl halides is 6. The third kappa shape index (κ3) is 5.52. The number of halogens is 6. The molecule has 1 aliphatic rings. The first-order valence-electron chi connectivity index (χ1n) is 8.53. The van der Waals surface area contributed by atoms with Crippen LogP contribution in [0.5, 0.6) is 0 Å². The van der Waals surface area contributed by atoms with Gasteiger partial charge in [-0.05, 0) is 51.0 Å². The summed E-state index contributed by atoms with van der Waals surface area (Å²) in [6.07, 6.45) is -12.0. The molecule has 1 saturated heterocycles. The lowest BCUT2D eigenvalue weighted by Gasteiger charge is -2.37. The number of aliphatic hydroxyl groups is 1. The van der Waals surface area contributed by atoms with Gasteiger partial charge in [-0.25, -0.2) is 4.79 Å². The predicted molar refractivity (Wildman–Crippen MR) is 87.6 cm³/mol. The Morgan fingerprint density at radius 2 is 1.54 bits per heavy atom. The third-order valence-corrected chi connectivity index (χ3v) is 4.27. The maximum Gasteiger partial charge on any atom is 0.416 e. The second-order valence-corrected chi connectivity index (χ2v) is 7.73. The third-order valence-electron chi connectivity index (χ3n) is 4.27. The van der Waals surface area contributed by atoms with Gasteiger partial charge in [0.2, 0.25) is 0 Å². The number of carbonyl (C=O) groups is 1. The zero-order valence-corrected chi connectivity index (χ0v) is 15.5. The van der Waals surface area contributed by atoms with Gasteiger partial charge >= 0.3 is 18.4 Å². The number of hydrogen-bond donors (Lipinski definition) is 1. The van der Waals surface area contributed by atoms with Gasteiger partial charge in [0.1, 0.15) is 5.60 Å². The van der Waals surface area contributed by atoms with Crippen molar-refractivity contribution in [2.45, 2.75) is 57.2 Å². The van der Waals surface area contributed by atoms with Crippen LogP contribution in [0.1, 0.15) is 49.8 Å². The minimum Gasteiger partial charge on any atom is -0.444 e. The van der Waals surface area contributed by atoms with Crippen molar-refractivity contribution in [3.63, 3.8) is 0 Å². The lowest BCUT2D eigenvalue weighted by atomic mass is 9.85. The number of aliphatic hydroxyl groups excluding tert-OH is 1. The monoisotopic (exact) mass is 413 g/mol. The standard InChI is InChI=1S/C18H21F6NO3/c1-16(2,3)28-15(27)25-5-4-13(14(26)9-25)10-6-11(17(19,20)21)8-12(7-10)18(22,23)24/h6-8,13-14,26H,4-5,9H2,1-3H3. The number of likely N-dealkylation sites (tertiary alicyclic amines) is 1. The first-order chi connectivity index (χ1) is 12.6. The van der Waals surface area contributed by atoms with Crippen molar-refractivity contribution in [2.75, 3.05) is 13.1 Å². The highest BCUT2D eigenvalue weighted by atomic mass is 19.4. The molecule has 0 spiro atoms. The van der Waals surface area contributed by atoms with Crippen LogP contribution in [0.3, 0.4) is 0 Å². The highest BCUT2D eigenvalue weighted by Gasteiger charge is 2.39. The molecular formula is C18H21F6NO3. The van der Waals surface area contributed by atoms with Gasteiger partial charge in [-0.1, -0.05) is 0 Å². The van der Waals surface area contributed by atoms with Crippen molar-refractivity contribution in [1.82, 2.24) is 4.90 Å². The number of nitrogens with zero attached hydrogens (tertiary/aromatic N) is 1. The van der Waals surface area contributed by atoms with E-state index < -0.39 is 47.2 Å². The Morgan fingerprint density at radius 1 is 1.04 bits per heavy atom. The van der Waals surface area contributed by atoms with E-state index in [-0.39, 0.29) is 31.1 Å². The summed E-state index contributed by atoms with van der Waals surface area (Å²) < 4.78 is 83.3. The number of ether oxygens (including phenoxy) is 1. The summed E-state index contributed by atoms with van der Waals surface area (Å²) in [6, 6.07) is 1.28. The fourth-order valence-corrected chi connectivity index (χ4v) is 3.01. The molecule has 1 heterocycles. The molecule has 1 fully saturated rings. The summed E-state index contributed by atoms with van der Waals surface area (Å²) in [7, 11) is 0. The Kier molecular flexibility index (Phi) is 5.94. The van der Waals surface area contributed by atoms with Crippen LogP contribution in [-0.4, -0.2) is 40.9 Å². The highest BCUT2D eigenvalue weighted by molar-refractivity contribution is 5.68. The summed E-state index contributed by atoms with van der Waals surface area (Å²) in [5.41, 5.74) is -3.90. The molecule has 1 N–H and O–H groups in total. The largest absolute Gasteiger partial charge is 0.444 e. The van der Waals surface area contributed by atoms with Crippen molar-refractivity contribution in [1.29, 1.82) is 0 Å². The van der Waals surface area contributed by atoms with Crippen molar-refractivity contribution < 1.29 is 41.0 Å². The van der Waals surface area contributed by atoms with Crippen LogP contribution in [0.15, 0.2) is 18.2 Å². The molecule has 2 rings (SSSR count). The van der Waals surface area contributed by atoms with E-state index in [2.05, 4.69) is 0 Å². The van der Waals surface area contributed by atoms with Crippen LogP contribution in [0, 0.1) is 0 Å². The Hall–Kier alpha value is -1.97. The summed E-state index contributed by atoms with van der Waals surface area (Å²) in [5.74, 6) is -0.970. The van der Waals surface area contributed by atoms with Crippen LogP contribution in [0.2, 0.25) is 0 Å². The summed E-state index contributed by atoms with van der Waals surface area (Å²) in [6.45, 7) is 4.73.